The van der Waals surface area contributed by atoms with Crippen molar-refractivity contribution in [3.63, 3.8) is 0 Å². The van der Waals surface area contributed by atoms with Crippen LogP contribution in [0.3, 0.4) is 0 Å². The second-order valence-corrected chi connectivity index (χ2v) is 2.74. The molecule has 0 aliphatic heterocycles. The molecule has 0 spiro atoms. The Kier molecular flexibility index (Phi) is 3.24. The van der Waals surface area contributed by atoms with Crippen LogP contribution in [-0.2, 0) is 0 Å². The van der Waals surface area contributed by atoms with E-state index in [4.69, 9.17) is 11.6 Å². The number of amides is 1. The van der Waals surface area contributed by atoms with Crippen LogP contribution in [0.2, 0.25) is 5.02 Å². The molecule has 1 aromatic rings. The zero-order chi connectivity index (χ0) is 10.7. The van der Waals surface area contributed by atoms with Gasteiger partial charge >= 0.3 is 6.09 Å². The van der Waals surface area contributed by atoms with Gasteiger partial charge in [0.05, 0.1) is 5.02 Å². The Morgan fingerprint density at radius 1 is 1.43 bits per heavy atom. The van der Waals surface area contributed by atoms with E-state index >= 15 is 0 Å². The number of hydrogen-bond donors (Lipinski definition) is 1. The molecule has 3 nitrogen and oxygen atoms in total. The van der Waals surface area contributed by atoms with Crippen molar-refractivity contribution >= 4 is 17.7 Å². The summed E-state index contributed by atoms with van der Waals surface area (Å²) in [6.45, 7) is 0. The van der Waals surface area contributed by atoms with Crippen LogP contribution in [0.5, 0.6) is 5.75 Å². The maximum absolute atomic E-state index is 12.9. The summed E-state index contributed by atoms with van der Waals surface area (Å²) in [6, 6.07) is 1.43. The van der Waals surface area contributed by atoms with Gasteiger partial charge in [-0.2, -0.15) is 0 Å². The average molecular weight is 222 g/mol. The van der Waals surface area contributed by atoms with E-state index in [-0.39, 0.29) is 5.02 Å². The summed E-state index contributed by atoms with van der Waals surface area (Å²) in [7, 11) is 1.31. The van der Waals surface area contributed by atoms with Crippen molar-refractivity contribution in [2.45, 2.75) is 0 Å². The first-order chi connectivity index (χ1) is 6.54. The lowest BCUT2D eigenvalue weighted by Gasteiger charge is -2.05. The van der Waals surface area contributed by atoms with Crippen molar-refractivity contribution < 1.29 is 18.3 Å². The summed E-state index contributed by atoms with van der Waals surface area (Å²) in [6.07, 6.45) is -0.855. The highest BCUT2D eigenvalue weighted by Gasteiger charge is 2.12. The quantitative estimate of drug-likeness (QED) is 0.740. The summed E-state index contributed by atoms with van der Waals surface area (Å²) >= 11 is 5.36. The summed E-state index contributed by atoms with van der Waals surface area (Å²) < 4.78 is 30.0. The fourth-order valence-electron chi connectivity index (χ4n) is 0.733. The van der Waals surface area contributed by atoms with Gasteiger partial charge in [-0.05, 0) is 0 Å². The highest BCUT2D eigenvalue weighted by Crippen LogP contribution is 2.24. The normalized spacial score (nSPS) is 9.71. The molecule has 1 N–H and O–H groups in total. The Morgan fingerprint density at radius 3 is 2.64 bits per heavy atom. The molecular weight excluding hydrogens is 216 g/mol. The van der Waals surface area contributed by atoms with Crippen LogP contribution in [0.1, 0.15) is 0 Å². The summed E-state index contributed by atoms with van der Waals surface area (Å²) in [4.78, 5) is 10.7. The van der Waals surface area contributed by atoms with Crippen LogP contribution in [0.15, 0.2) is 12.1 Å². The predicted molar refractivity (Wildman–Crippen MR) is 46.5 cm³/mol. The molecule has 76 valence electrons. The molecule has 14 heavy (non-hydrogen) atoms. The lowest BCUT2D eigenvalue weighted by molar-refractivity contribution is 0.200. The first-order valence-corrected chi connectivity index (χ1v) is 3.96. The van der Waals surface area contributed by atoms with Crippen molar-refractivity contribution in [2.75, 3.05) is 7.05 Å². The number of hydrogen-bond acceptors (Lipinski definition) is 2. The van der Waals surface area contributed by atoms with Gasteiger partial charge in [0.2, 0.25) is 0 Å². The van der Waals surface area contributed by atoms with E-state index in [1.807, 2.05) is 0 Å². The molecule has 0 aliphatic rings. The Morgan fingerprint density at radius 2 is 2.07 bits per heavy atom. The predicted octanol–water partition coefficient (Wildman–Crippen LogP) is 2.34. The smallest absolute Gasteiger partial charge is 0.407 e. The number of ether oxygens (including phenoxy) is 1. The van der Waals surface area contributed by atoms with Gasteiger partial charge in [-0.1, -0.05) is 11.6 Å². The standard InChI is InChI=1S/C8H6ClF2NO2/c1-12-8(13)14-7-2-4(9)5(10)3-6(7)11/h2-3H,1H3,(H,12,13). The van der Waals surface area contributed by atoms with Gasteiger partial charge in [0.15, 0.2) is 11.6 Å². The van der Waals surface area contributed by atoms with Gasteiger partial charge in [0.25, 0.3) is 0 Å². The lowest BCUT2D eigenvalue weighted by atomic mass is 10.3. The molecule has 6 heteroatoms. The van der Waals surface area contributed by atoms with E-state index in [0.29, 0.717) is 6.07 Å². The zero-order valence-electron chi connectivity index (χ0n) is 7.11. The van der Waals surface area contributed by atoms with Gasteiger partial charge < -0.3 is 10.1 Å². The molecule has 0 saturated heterocycles. The highest BCUT2D eigenvalue weighted by atomic mass is 35.5. The number of nitrogens with one attached hydrogen (secondary N) is 1. The van der Waals surface area contributed by atoms with E-state index in [1.54, 1.807) is 0 Å². The molecule has 0 fully saturated rings. The third-order valence-electron chi connectivity index (χ3n) is 1.38. The van der Waals surface area contributed by atoms with Crippen LogP contribution < -0.4 is 10.1 Å². The largest absolute Gasteiger partial charge is 0.412 e. The van der Waals surface area contributed by atoms with Crippen molar-refractivity contribution in [2.24, 2.45) is 0 Å². The van der Waals surface area contributed by atoms with Crippen molar-refractivity contribution in [3.8, 4) is 5.75 Å². The summed E-state index contributed by atoms with van der Waals surface area (Å²) in [5, 5.41) is 1.80. The average Bonchev–Trinajstić information content (AvgIpc) is 2.14. The molecule has 1 amide bonds. The van der Waals surface area contributed by atoms with E-state index < -0.39 is 23.5 Å². The molecule has 0 heterocycles. The van der Waals surface area contributed by atoms with Gasteiger partial charge in [-0.15, -0.1) is 0 Å². The van der Waals surface area contributed by atoms with Gasteiger partial charge in [0, 0.05) is 19.2 Å². The monoisotopic (exact) mass is 221 g/mol. The molecule has 0 bridgehead atoms. The fraction of sp³-hybridized carbons (Fsp3) is 0.125. The number of benzene rings is 1. The molecular formula is C8H6ClF2NO2. The third-order valence-corrected chi connectivity index (χ3v) is 1.67. The maximum Gasteiger partial charge on any atom is 0.412 e. The molecule has 0 aliphatic carbocycles. The van der Waals surface area contributed by atoms with Crippen LogP contribution >= 0.6 is 11.6 Å². The van der Waals surface area contributed by atoms with Gasteiger partial charge in [0.1, 0.15) is 5.82 Å². The van der Waals surface area contributed by atoms with Gasteiger partial charge in [-0.25, -0.2) is 13.6 Å². The first-order valence-electron chi connectivity index (χ1n) is 3.58. The molecule has 0 aromatic heterocycles. The van der Waals surface area contributed by atoms with Crippen LogP contribution in [0.25, 0.3) is 0 Å². The third kappa shape index (κ3) is 2.32. The number of rotatable bonds is 1. The lowest BCUT2D eigenvalue weighted by Crippen LogP contribution is -2.22. The molecule has 0 unspecified atom stereocenters. The molecule has 0 saturated carbocycles. The Balaban J connectivity index is 2.98. The zero-order valence-corrected chi connectivity index (χ0v) is 7.86. The number of carbonyl (C=O) groups is 1. The molecule has 1 aromatic carbocycles. The van der Waals surface area contributed by atoms with Crippen LogP contribution in [0, 0.1) is 11.6 Å². The van der Waals surface area contributed by atoms with Gasteiger partial charge in [-0.3, -0.25) is 0 Å². The molecule has 0 atom stereocenters. The second kappa shape index (κ2) is 4.23. The van der Waals surface area contributed by atoms with Crippen LogP contribution in [-0.4, -0.2) is 13.1 Å². The van der Waals surface area contributed by atoms with Crippen molar-refractivity contribution in [1.29, 1.82) is 0 Å². The number of halogens is 3. The minimum absolute atomic E-state index is 0.315. The molecule has 1 rings (SSSR count). The summed E-state index contributed by atoms with van der Waals surface area (Å²) in [5.74, 6) is -2.32. The van der Waals surface area contributed by atoms with Crippen LogP contribution in [0.4, 0.5) is 13.6 Å². The minimum Gasteiger partial charge on any atom is -0.407 e. The van der Waals surface area contributed by atoms with E-state index in [1.165, 1.54) is 7.05 Å². The van der Waals surface area contributed by atoms with Crippen molar-refractivity contribution in [1.82, 2.24) is 5.32 Å². The Hall–Kier alpha value is -1.36. The Labute approximate surface area is 83.6 Å². The molecule has 0 radical (unpaired) electrons. The fourth-order valence-corrected chi connectivity index (χ4v) is 0.887. The van der Waals surface area contributed by atoms with Crippen molar-refractivity contribution in [3.05, 3.63) is 28.8 Å². The van der Waals surface area contributed by atoms with E-state index in [2.05, 4.69) is 10.1 Å². The second-order valence-electron chi connectivity index (χ2n) is 2.34. The highest BCUT2D eigenvalue weighted by molar-refractivity contribution is 6.30. The van der Waals surface area contributed by atoms with E-state index in [9.17, 15) is 13.6 Å². The maximum atomic E-state index is 12.9. The Bertz CT molecular complexity index is 371. The first kappa shape index (κ1) is 10.7. The SMILES string of the molecule is CNC(=O)Oc1cc(Cl)c(F)cc1F. The van der Waals surface area contributed by atoms with E-state index in [0.717, 1.165) is 6.07 Å². The minimum atomic E-state index is -0.990. The topological polar surface area (TPSA) is 38.3 Å². The summed E-state index contributed by atoms with van der Waals surface area (Å²) in [5.41, 5.74) is 0. The number of carbonyl (C=O) groups excluding carboxylic acids is 1.